The van der Waals surface area contributed by atoms with Crippen LogP contribution in [0.1, 0.15) is 42.4 Å². The highest BCUT2D eigenvalue weighted by atomic mass is 35.5. The number of carbonyl (C=O) groups excluding carboxylic acids is 2. The van der Waals surface area contributed by atoms with Gasteiger partial charge in [-0.05, 0) is 56.2 Å². The molecule has 1 amide bonds. The molecule has 1 aliphatic heterocycles. The number of hydrogen-bond acceptors (Lipinski definition) is 5. The molecule has 7 nitrogen and oxygen atoms in total. The summed E-state index contributed by atoms with van der Waals surface area (Å²) >= 11 is 11.9. The predicted octanol–water partition coefficient (Wildman–Crippen LogP) is 4.61. The summed E-state index contributed by atoms with van der Waals surface area (Å²) in [6.45, 7) is 2.12. The molecule has 2 aromatic carbocycles. The number of nitrogens with one attached hydrogen (secondary N) is 1. The number of aryl methyl sites for hydroxylation is 1. The summed E-state index contributed by atoms with van der Waals surface area (Å²) in [5.41, 5.74) is 0.925. The third kappa shape index (κ3) is 4.64. The number of rotatable bonds is 4. The van der Waals surface area contributed by atoms with E-state index in [1.807, 2.05) is 0 Å². The molecule has 2 heterocycles. The molecule has 0 unspecified atom stereocenters. The van der Waals surface area contributed by atoms with Gasteiger partial charge in [0.1, 0.15) is 5.82 Å². The Hall–Kier alpha value is -2.90. The maximum atomic E-state index is 12.8. The Labute approximate surface area is 194 Å². The van der Waals surface area contributed by atoms with E-state index in [0.29, 0.717) is 28.2 Å². The summed E-state index contributed by atoms with van der Waals surface area (Å²) in [6, 6.07) is 9.28. The van der Waals surface area contributed by atoms with Gasteiger partial charge in [0.2, 0.25) is 0 Å². The molecule has 0 aliphatic carbocycles. The van der Waals surface area contributed by atoms with Crippen molar-refractivity contribution in [3.8, 4) is 0 Å². The van der Waals surface area contributed by atoms with Gasteiger partial charge in [-0.1, -0.05) is 29.6 Å². The first-order valence-electron chi connectivity index (χ1n) is 10.3. The fraction of sp³-hybridized carbons (Fsp3) is 0.304. The molecule has 1 aliphatic rings. The molecule has 0 saturated carbocycles. The largest absolute Gasteiger partial charge is 0.449 e. The van der Waals surface area contributed by atoms with Crippen LogP contribution in [0.3, 0.4) is 0 Å². The average Bonchev–Trinajstić information content (AvgIpc) is 3.01. The van der Waals surface area contributed by atoms with E-state index in [2.05, 4.69) is 10.3 Å². The standard InChI is InChI=1S/C23H21Cl2N3O4/c1-13(21(29)27-18-9-7-15(24)12-17(18)25)32-23(31)14-6-8-16-19(11-14)26-20-5-3-2-4-10-28(20)22(16)30/h6-9,11-13H,2-5,10H2,1H3,(H,27,29)/t13-/m0/s1. The van der Waals surface area contributed by atoms with Gasteiger partial charge in [0.25, 0.3) is 11.5 Å². The first-order chi connectivity index (χ1) is 15.3. The third-order valence-corrected chi connectivity index (χ3v) is 5.94. The van der Waals surface area contributed by atoms with Gasteiger partial charge in [-0.3, -0.25) is 14.2 Å². The Balaban J connectivity index is 1.51. The lowest BCUT2D eigenvalue weighted by atomic mass is 10.1. The lowest BCUT2D eigenvalue weighted by Gasteiger charge is -2.15. The van der Waals surface area contributed by atoms with E-state index >= 15 is 0 Å². The van der Waals surface area contributed by atoms with Gasteiger partial charge in [0, 0.05) is 18.0 Å². The van der Waals surface area contributed by atoms with Gasteiger partial charge in [-0.2, -0.15) is 0 Å². The first-order valence-corrected chi connectivity index (χ1v) is 11.1. The lowest BCUT2D eigenvalue weighted by molar-refractivity contribution is -0.123. The average molecular weight is 474 g/mol. The van der Waals surface area contributed by atoms with Gasteiger partial charge >= 0.3 is 5.97 Å². The van der Waals surface area contributed by atoms with Crippen LogP contribution in [0.5, 0.6) is 0 Å². The van der Waals surface area contributed by atoms with Crippen LogP contribution < -0.4 is 10.9 Å². The maximum Gasteiger partial charge on any atom is 0.338 e. The molecule has 0 fully saturated rings. The number of nitrogens with zero attached hydrogens (tertiary/aromatic N) is 2. The summed E-state index contributed by atoms with van der Waals surface area (Å²) in [6.07, 6.45) is 2.63. The highest BCUT2D eigenvalue weighted by molar-refractivity contribution is 6.36. The predicted molar refractivity (Wildman–Crippen MR) is 124 cm³/mol. The molecule has 9 heteroatoms. The number of hydrogen-bond donors (Lipinski definition) is 1. The van der Waals surface area contributed by atoms with E-state index in [1.165, 1.54) is 25.1 Å². The summed E-state index contributed by atoms with van der Waals surface area (Å²) in [5.74, 6) is -0.489. The molecular weight excluding hydrogens is 453 g/mol. The van der Waals surface area contributed by atoms with E-state index in [0.717, 1.165) is 31.5 Å². The summed E-state index contributed by atoms with van der Waals surface area (Å²) in [7, 11) is 0. The van der Waals surface area contributed by atoms with Crippen molar-refractivity contribution in [1.29, 1.82) is 0 Å². The van der Waals surface area contributed by atoms with Crippen molar-refractivity contribution in [3.63, 3.8) is 0 Å². The molecule has 0 radical (unpaired) electrons. The minimum atomic E-state index is -1.07. The molecule has 0 saturated heterocycles. The number of ether oxygens (including phenoxy) is 1. The number of benzene rings is 2. The zero-order valence-corrected chi connectivity index (χ0v) is 18.9. The number of carbonyl (C=O) groups is 2. The number of aromatic nitrogens is 2. The molecule has 3 aromatic rings. The molecule has 4 rings (SSSR count). The Morgan fingerprint density at radius 2 is 1.94 bits per heavy atom. The minimum Gasteiger partial charge on any atom is -0.449 e. The van der Waals surface area contributed by atoms with Crippen molar-refractivity contribution < 1.29 is 14.3 Å². The number of fused-ring (bicyclic) bond motifs is 2. The zero-order chi connectivity index (χ0) is 22.8. The molecule has 1 aromatic heterocycles. The van der Waals surface area contributed by atoms with Crippen LogP contribution in [0.15, 0.2) is 41.2 Å². The summed E-state index contributed by atoms with van der Waals surface area (Å²) in [5, 5.41) is 3.77. The number of esters is 1. The molecular formula is C23H21Cl2N3O4. The van der Waals surface area contributed by atoms with Crippen molar-refractivity contribution in [2.45, 2.75) is 45.3 Å². The third-order valence-electron chi connectivity index (χ3n) is 5.39. The topological polar surface area (TPSA) is 90.3 Å². The van der Waals surface area contributed by atoms with Crippen LogP contribution in [-0.4, -0.2) is 27.5 Å². The monoisotopic (exact) mass is 473 g/mol. The Kier molecular flexibility index (Phi) is 6.48. The quantitative estimate of drug-likeness (QED) is 0.558. The second-order valence-electron chi connectivity index (χ2n) is 7.69. The number of amides is 1. The second kappa shape index (κ2) is 9.30. The van der Waals surface area contributed by atoms with Crippen LogP contribution in [0.2, 0.25) is 10.0 Å². The van der Waals surface area contributed by atoms with Crippen molar-refractivity contribution >= 4 is 51.7 Å². The van der Waals surface area contributed by atoms with Crippen LogP contribution in [-0.2, 0) is 22.5 Å². The zero-order valence-electron chi connectivity index (χ0n) is 17.4. The summed E-state index contributed by atoms with van der Waals surface area (Å²) < 4.78 is 7.04. The van der Waals surface area contributed by atoms with Crippen molar-refractivity contribution in [2.24, 2.45) is 0 Å². The molecule has 0 bridgehead atoms. The SMILES string of the molecule is C[C@H](OC(=O)c1ccc2c(=O)n3c(nc2c1)CCCCC3)C(=O)Nc1ccc(Cl)cc1Cl. The number of anilines is 1. The molecule has 166 valence electrons. The van der Waals surface area contributed by atoms with Gasteiger partial charge in [0.05, 0.1) is 27.2 Å². The fourth-order valence-electron chi connectivity index (χ4n) is 3.65. The van der Waals surface area contributed by atoms with Crippen LogP contribution >= 0.6 is 23.2 Å². The summed E-state index contributed by atoms with van der Waals surface area (Å²) in [4.78, 5) is 42.5. The highest BCUT2D eigenvalue weighted by Gasteiger charge is 2.21. The van der Waals surface area contributed by atoms with E-state index < -0.39 is 18.0 Å². The minimum absolute atomic E-state index is 0.0978. The van der Waals surface area contributed by atoms with E-state index in [-0.39, 0.29) is 16.1 Å². The number of halogens is 2. The van der Waals surface area contributed by atoms with Crippen LogP contribution in [0, 0.1) is 0 Å². The molecule has 1 N–H and O–H groups in total. The van der Waals surface area contributed by atoms with Crippen molar-refractivity contribution in [3.05, 3.63) is 68.2 Å². The Morgan fingerprint density at radius 1 is 1.12 bits per heavy atom. The normalized spacial score (nSPS) is 14.3. The van der Waals surface area contributed by atoms with Crippen molar-refractivity contribution in [1.82, 2.24) is 9.55 Å². The van der Waals surface area contributed by atoms with E-state index in [4.69, 9.17) is 27.9 Å². The fourth-order valence-corrected chi connectivity index (χ4v) is 4.11. The molecule has 1 atom stereocenters. The highest BCUT2D eigenvalue weighted by Crippen LogP contribution is 2.25. The van der Waals surface area contributed by atoms with Crippen molar-refractivity contribution in [2.75, 3.05) is 5.32 Å². The molecule has 0 spiro atoms. The lowest BCUT2D eigenvalue weighted by Crippen LogP contribution is -2.30. The van der Waals surface area contributed by atoms with Gasteiger partial charge < -0.3 is 10.1 Å². The second-order valence-corrected chi connectivity index (χ2v) is 8.53. The van der Waals surface area contributed by atoms with Gasteiger partial charge in [-0.25, -0.2) is 9.78 Å². The van der Waals surface area contributed by atoms with Gasteiger partial charge in [-0.15, -0.1) is 0 Å². The van der Waals surface area contributed by atoms with Gasteiger partial charge in [0.15, 0.2) is 6.10 Å². The van der Waals surface area contributed by atoms with E-state index in [9.17, 15) is 14.4 Å². The maximum absolute atomic E-state index is 12.8. The van der Waals surface area contributed by atoms with Crippen LogP contribution in [0.4, 0.5) is 5.69 Å². The smallest absolute Gasteiger partial charge is 0.338 e. The van der Waals surface area contributed by atoms with E-state index in [1.54, 1.807) is 22.8 Å². The Bertz CT molecular complexity index is 1270. The van der Waals surface area contributed by atoms with Crippen LogP contribution in [0.25, 0.3) is 10.9 Å². The molecule has 32 heavy (non-hydrogen) atoms. The Morgan fingerprint density at radius 3 is 2.72 bits per heavy atom. The first kappa shape index (κ1) is 22.3.